The summed E-state index contributed by atoms with van der Waals surface area (Å²) in [6.07, 6.45) is 11.2. The molecule has 4 bridgehead atoms. The molecule has 4 aliphatic rings. The second-order valence-electron chi connectivity index (χ2n) is 7.99. The maximum Gasteiger partial charge on any atom is 0.310 e. The molecule has 0 aromatic rings. The molecule has 122 valence electrons. The van der Waals surface area contributed by atoms with Gasteiger partial charge in [-0.15, -0.1) is 0 Å². The lowest BCUT2D eigenvalue weighted by atomic mass is 9.81. The van der Waals surface area contributed by atoms with Gasteiger partial charge >= 0.3 is 5.97 Å². The van der Waals surface area contributed by atoms with Gasteiger partial charge < -0.3 is 9.47 Å². The summed E-state index contributed by atoms with van der Waals surface area (Å²) < 4.78 is 11.7. The van der Waals surface area contributed by atoms with Crippen LogP contribution in [0, 0.1) is 35.5 Å². The van der Waals surface area contributed by atoms with Gasteiger partial charge in [-0.2, -0.15) is 0 Å². The number of allylic oxidation sites excluding steroid dienone is 2. The Morgan fingerprint density at radius 3 is 2.77 bits per heavy atom. The van der Waals surface area contributed by atoms with Crippen LogP contribution in [0.5, 0.6) is 0 Å². The average Bonchev–Trinajstić information content (AvgIpc) is 3.27. The van der Waals surface area contributed by atoms with Gasteiger partial charge in [0.15, 0.2) is 0 Å². The van der Waals surface area contributed by atoms with Crippen molar-refractivity contribution < 1.29 is 14.3 Å². The van der Waals surface area contributed by atoms with Gasteiger partial charge in [0.1, 0.15) is 5.60 Å². The summed E-state index contributed by atoms with van der Waals surface area (Å²) in [6, 6.07) is 0. The van der Waals surface area contributed by atoms with Gasteiger partial charge in [-0.25, -0.2) is 0 Å². The first-order chi connectivity index (χ1) is 10.7. The highest BCUT2D eigenvalue weighted by molar-refractivity contribution is 5.74. The summed E-state index contributed by atoms with van der Waals surface area (Å²) in [4.78, 5) is 12.8. The van der Waals surface area contributed by atoms with E-state index in [1.807, 2.05) is 0 Å². The SMILES string of the molecule is CCC1(OC(=O)C2CC3C=CC2C3)CC2CCC1C2COC. The molecule has 0 spiro atoms. The van der Waals surface area contributed by atoms with E-state index in [-0.39, 0.29) is 17.5 Å². The lowest BCUT2D eigenvalue weighted by Gasteiger charge is -2.38. The molecule has 0 N–H and O–H groups in total. The van der Waals surface area contributed by atoms with E-state index in [9.17, 15) is 4.79 Å². The van der Waals surface area contributed by atoms with Crippen LogP contribution in [0.15, 0.2) is 12.2 Å². The van der Waals surface area contributed by atoms with Gasteiger partial charge in [0.05, 0.1) is 5.92 Å². The fourth-order valence-electron chi connectivity index (χ4n) is 6.02. The number of fused-ring (bicyclic) bond motifs is 4. The van der Waals surface area contributed by atoms with Crippen molar-refractivity contribution in [2.24, 2.45) is 35.5 Å². The van der Waals surface area contributed by atoms with Crippen molar-refractivity contribution >= 4 is 5.97 Å². The van der Waals surface area contributed by atoms with E-state index < -0.39 is 0 Å². The van der Waals surface area contributed by atoms with Crippen molar-refractivity contribution in [3.05, 3.63) is 12.2 Å². The van der Waals surface area contributed by atoms with Crippen LogP contribution in [0.3, 0.4) is 0 Å². The zero-order valence-electron chi connectivity index (χ0n) is 13.8. The van der Waals surface area contributed by atoms with Crippen molar-refractivity contribution in [3.63, 3.8) is 0 Å². The first-order valence-corrected chi connectivity index (χ1v) is 9.07. The lowest BCUT2D eigenvalue weighted by molar-refractivity contribution is -0.173. The minimum atomic E-state index is -0.200. The van der Waals surface area contributed by atoms with Crippen LogP contribution in [0.2, 0.25) is 0 Å². The van der Waals surface area contributed by atoms with Gasteiger partial charge in [-0.1, -0.05) is 19.1 Å². The maximum atomic E-state index is 12.8. The van der Waals surface area contributed by atoms with Crippen LogP contribution >= 0.6 is 0 Å². The molecule has 22 heavy (non-hydrogen) atoms. The van der Waals surface area contributed by atoms with Gasteiger partial charge in [0.25, 0.3) is 0 Å². The van der Waals surface area contributed by atoms with Crippen molar-refractivity contribution in [2.75, 3.05) is 13.7 Å². The molecule has 0 aromatic heterocycles. The molecule has 0 heterocycles. The molecule has 0 amide bonds. The summed E-state index contributed by atoms with van der Waals surface area (Å²) in [5.41, 5.74) is -0.200. The molecule has 7 atom stereocenters. The number of esters is 1. The van der Waals surface area contributed by atoms with E-state index in [0.29, 0.717) is 29.6 Å². The minimum Gasteiger partial charge on any atom is -0.459 e. The smallest absolute Gasteiger partial charge is 0.310 e. The molecule has 0 radical (unpaired) electrons. The number of methoxy groups -OCH3 is 1. The number of hydrogen-bond acceptors (Lipinski definition) is 3. The molecule has 4 rings (SSSR count). The van der Waals surface area contributed by atoms with Crippen LogP contribution in [-0.2, 0) is 14.3 Å². The van der Waals surface area contributed by atoms with E-state index in [1.54, 1.807) is 7.11 Å². The lowest BCUT2D eigenvalue weighted by Crippen LogP contribution is -2.43. The fourth-order valence-corrected chi connectivity index (χ4v) is 6.02. The summed E-state index contributed by atoms with van der Waals surface area (Å²) in [5, 5.41) is 0. The molecule has 3 nitrogen and oxygen atoms in total. The molecular weight excluding hydrogens is 276 g/mol. The monoisotopic (exact) mass is 304 g/mol. The van der Waals surface area contributed by atoms with Gasteiger partial charge in [0.2, 0.25) is 0 Å². The molecule has 3 saturated carbocycles. The second-order valence-corrected chi connectivity index (χ2v) is 7.99. The fraction of sp³-hybridized carbons (Fsp3) is 0.842. The van der Waals surface area contributed by atoms with Gasteiger partial charge in [-0.3, -0.25) is 4.79 Å². The summed E-state index contributed by atoms with van der Waals surface area (Å²) in [6.45, 7) is 3.02. The van der Waals surface area contributed by atoms with Crippen LogP contribution in [0.1, 0.15) is 45.4 Å². The summed E-state index contributed by atoms with van der Waals surface area (Å²) in [5.74, 6) is 3.08. The third-order valence-electron chi connectivity index (χ3n) is 7.10. The van der Waals surface area contributed by atoms with Crippen molar-refractivity contribution in [1.29, 1.82) is 0 Å². The molecule has 4 aliphatic carbocycles. The Balaban J connectivity index is 1.48. The summed E-state index contributed by atoms with van der Waals surface area (Å²) in [7, 11) is 1.79. The number of rotatable bonds is 5. The molecule has 3 fully saturated rings. The number of carbonyl (C=O) groups is 1. The van der Waals surface area contributed by atoms with Crippen molar-refractivity contribution in [1.82, 2.24) is 0 Å². The third kappa shape index (κ3) is 2.08. The quantitative estimate of drug-likeness (QED) is 0.575. The Morgan fingerprint density at radius 2 is 2.14 bits per heavy atom. The van der Waals surface area contributed by atoms with Crippen molar-refractivity contribution in [3.8, 4) is 0 Å². The van der Waals surface area contributed by atoms with Gasteiger partial charge in [0, 0.05) is 19.6 Å². The Labute approximate surface area is 133 Å². The zero-order valence-corrected chi connectivity index (χ0v) is 13.8. The zero-order chi connectivity index (χ0) is 15.3. The van der Waals surface area contributed by atoms with E-state index in [2.05, 4.69) is 19.1 Å². The number of hydrogen-bond donors (Lipinski definition) is 0. The van der Waals surface area contributed by atoms with Gasteiger partial charge in [-0.05, 0) is 62.2 Å². The molecule has 7 unspecified atom stereocenters. The Bertz CT molecular complexity index is 485. The molecule has 0 aromatic carbocycles. The Hall–Kier alpha value is -0.830. The van der Waals surface area contributed by atoms with Crippen LogP contribution in [0.4, 0.5) is 0 Å². The van der Waals surface area contributed by atoms with Crippen LogP contribution in [0.25, 0.3) is 0 Å². The molecule has 0 aliphatic heterocycles. The van der Waals surface area contributed by atoms with E-state index in [1.165, 1.54) is 12.8 Å². The molecular formula is C19H28O3. The van der Waals surface area contributed by atoms with E-state index >= 15 is 0 Å². The normalized spacial score (nSPS) is 48.3. The second kappa shape index (κ2) is 5.36. The standard InChI is InChI=1S/C19H28O3/c1-3-19(10-14-6-7-17(19)16(14)11-21-2)22-18(20)15-9-12-4-5-13(15)8-12/h4-5,12-17H,3,6-11H2,1-2H3. The molecule has 0 saturated heterocycles. The summed E-state index contributed by atoms with van der Waals surface area (Å²) >= 11 is 0. The maximum absolute atomic E-state index is 12.8. The highest BCUT2D eigenvalue weighted by atomic mass is 16.6. The van der Waals surface area contributed by atoms with E-state index in [0.717, 1.165) is 32.3 Å². The van der Waals surface area contributed by atoms with Crippen molar-refractivity contribution in [2.45, 2.75) is 51.0 Å². The minimum absolute atomic E-state index is 0.0856. The first kappa shape index (κ1) is 14.7. The van der Waals surface area contributed by atoms with Crippen LogP contribution in [-0.4, -0.2) is 25.3 Å². The first-order valence-electron chi connectivity index (χ1n) is 9.07. The predicted octanol–water partition coefficient (Wildman–Crippen LogP) is 3.58. The predicted molar refractivity (Wildman–Crippen MR) is 84.2 cm³/mol. The largest absolute Gasteiger partial charge is 0.459 e. The topological polar surface area (TPSA) is 35.5 Å². The highest BCUT2D eigenvalue weighted by Crippen LogP contribution is 2.58. The number of carbonyl (C=O) groups excluding carboxylic acids is 1. The van der Waals surface area contributed by atoms with Crippen LogP contribution < -0.4 is 0 Å². The molecule has 3 heteroatoms. The average molecular weight is 304 g/mol. The Kier molecular flexibility index (Phi) is 3.60. The highest BCUT2D eigenvalue weighted by Gasteiger charge is 2.59. The third-order valence-corrected chi connectivity index (χ3v) is 7.10. The van der Waals surface area contributed by atoms with E-state index in [4.69, 9.17) is 9.47 Å². The Morgan fingerprint density at radius 1 is 1.27 bits per heavy atom. The number of ether oxygens (including phenoxy) is 2.